The Kier molecular flexibility index (Phi) is 36.5. The van der Waals surface area contributed by atoms with E-state index in [-0.39, 0.29) is 30.2 Å². The van der Waals surface area contributed by atoms with Gasteiger partial charge in [-0.15, -0.1) is 12.4 Å². The number of rotatable bonds is 33. The zero-order valence-corrected chi connectivity index (χ0v) is 29.9. The fourth-order valence-electron chi connectivity index (χ4n) is 5.67. The molecule has 0 fully saturated rings. The Morgan fingerprint density at radius 1 is 0.545 bits per heavy atom. The summed E-state index contributed by atoms with van der Waals surface area (Å²) >= 11 is 0. The number of hydrogen-bond donors (Lipinski definition) is 5. The second-order valence-corrected chi connectivity index (χ2v) is 12.8. The summed E-state index contributed by atoms with van der Waals surface area (Å²) in [6, 6.07) is -0.527. The topological polar surface area (TPSA) is 120 Å². The van der Waals surface area contributed by atoms with Crippen LogP contribution in [0.25, 0.3) is 0 Å². The first-order chi connectivity index (χ1) is 21.0. The van der Waals surface area contributed by atoms with Crippen LogP contribution in [0.5, 0.6) is 0 Å². The Balaban J connectivity index is 0. The van der Waals surface area contributed by atoms with Gasteiger partial charge in [-0.05, 0) is 25.7 Å². The number of halogens is 1. The lowest BCUT2D eigenvalue weighted by atomic mass is 10.0. The third-order valence-corrected chi connectivity index (χ3v) is 8.47. The van der Waals surface area contributed by atoms with E-state index in [0.717, 1.165) is 25.7 Å². The monoisotopic (exact) mass is 644 g/mol. The van der Waals surface area contributed by atoms with Gasteiger partial charge in [-0.1, -0.05) is 162 Å². The van der Waals surface area contributed by atoms with Crippen LogP contribution in [0, 0.1) is 5.41 Å². The quantitative estimate of drug-likeness (QED) is 0.0278. The molecule has 2 amide bonds. The number of hydrogen-bond acceptors (Lipinski definition) is 3. The van der Waals surface area contributed by atoms with Gasteiger partial charge in [0.25, 0.3) is 0 Å². The van der Waals surface area contributed by atoms with E-state index in [1.54, 1.807) is 0 Å². The molecule has 262 valence electrons. The molecule has 0 bridgehead atoms. The van der Waals surface area contributed by atoms with Gasteiger partial charge in [0.15, 0.2) is 5.96 Å². The molecule has 44 heavy (non-hydrogen) atoms. The van der Waals surface area contributed by atoms with Gasteiger partial charge in [-0.25, -0.2) is 0 Å². The van der Waals surface area contributed by atoms with Crippen molar-refractivity contribution in [2.24, 2.45) is 5.73 Å². The second-order valence-electron chi connectivity index (χ2n) is 12.8. The molecule has 0 unspecified atom stereocenters. The van der Waals surface area contributed by atoms with Crippen molar-refractivity contribution in [2.75, 3.05) is 13.1 Å². The molecule has 0 heterocycles. The summed E-state index contributed by atoms with van der Waals surface area (Å²) in [5, 5.41) is 16.1. The zero-order valence-electron chi connectivity index (χ0n) is 29.1. The summed E-state index contributed by atoms with van der Waals surface area (Å²) < 4.78 is 0. The van der Waals surface area contributed by atoms with Crippen molar-refractivity contribution >= 4 is 30.2 Å². The molecule has 6 N–H and O–H groups in total. The molecule has 0 aromatic carbocycles. The molecule has 8 heteroatoms. The molecule has 0 aromatic heterocycles. The van der Waals surface area contributed by atoms with Crippen molar-refractivity contribution in [2.45, 2.75) is 200 Å². The van der Waals surface area contributed by atoms with Crippen LogP contribution >= 0.6 is 12.4 Å². The highest BCUT2D eigenvalue weighted by atomic mass is 35.5. The van der Waals surface area contributed by atoms with Gasteiger partial charge in [0.1, 0.15) is 6.04 Å². The Hall–Kier alpha value is -1.50. The van der Waals surface area contributed by atoms with E-state index in [0.29, 0.717) is 32.4 Å². The Morgan fingerprint density at radius 2 is 0.909 bits per heavy atom. The average molecular weight is 644 g/mol. The van der Waals surface area contributed by atoms with Crippen molar-refractivity contribution in [3.63, 3.8) is 0 Å². The molecular formula is C36H74ClN5O2. The minimum absolute atomic E-state index is 0. The van der Waals surface area contributed by atoms with Crippen LogP contribution in [0.4, 0.5) is 0 Å². The lowest BCUT2D eigenvalue weighted by Gasteiger charge is -2.19. The van der Waals surface area contributed by atoms with E-state index in [4.69, 9.17) is 11.1 Å². The molecule has 0 saturated heterocycles. The Bertz CT molecular complexity index is 650. The fraction of sp³-hybridized carbons (Fsp3) is 0.917. The number of guanidine groups is 1. The minimum Gasteiger partial charge on any atom is -0.370 e. The lowest BCUT2D eigenvalue weighted by molar-refractivity contribution is -0.129. The van der Waals surface area contributed by atoms with Crippen LogP contribution in [0.3, 0.4) is 0 Å². The van der Waals surface area contributed by atoms with Crippen LogP contribution in [-0.4, -0.2) is 36.9 Å². The van der Waals surface area contributed by atoms with E-state index < -0.39 is 6.04 Å². The number of carbonyl (C=O) groups is 2. The SMILES string of the molecule is CCCCCCCCCCCCCCCCCC(=O)N[C@H](CCCNC(=N)N)C(=O)NCCCCCCCCCCCC.Cl. The number of carbonyl (C=O) groups excluding carboxylic acids is 2. The predicted molar refractivity (Wildman–Crippen MR) is 193 cm³/mol. The first-order valence-electron chi connectivity index (χ1n) is 18.7. The van der Waals surface area contributed by atoms with Crippen molar-refractivity contribution in [1.29, 1.82) is 5.41 Å². The molecule has 0 aliphatic heterocycles. The number of amides is 2. The van der Waals surface area contributed by atoms with Crippen LogP contribution in [0.2, 0.25) is 0 Å². The normalized spacial score (nSPS) is 11.5. The van der Waals surface area contributed by atoms with Gasteiger partial charge in [0.2, 0.25) is 11.8 Å². The summed E-state index contributed by atoms with van der Waals surface area (Å²) in [5.74, 6) is -0.198. The zero-order chi connectivity index (χ0) is 31.6. The second kappa shape index (κ2) is 36.0. The first-order valence-corrected chi connectivity index (χ1v) is 18.7. The predicted octanol–water partition coefficient (Wildman–Crippen LogP) is 9.45. The minimum atomic E-state index is -0.527. The average Bonchev–Trinajstić information content (AvgIpc) is 2.99. The van der Waals surface area contributed by atoms with Gasteiger partial charge in [-0.2, -0.15) is 0 Å². The van der Waals surface area contributed by atoms with E-state index in [2.05, 4.69) is 29.8 Å². The van der Waals surface area contributed by atoms with Crippen molar-refractivity contribution < 1.29 is 9.59 Å². The largest absolute Gasteiger partial charge is 0.370 e. The molecule has 0 spiro atoms. The lowest BCUT2D eigenvalue weighted by Crippen LogP contribution is -2.47. The van der Waals surface area contributed by atoms with Crippen LogP contribution in [-0.2, 0) is 9.59 Å². The molecule has 1 atom stereocenters. The van der Waals surface area contributed by atoms with Gasteiger partial charge in [-0.3, -0.25) is 15.0 Å². The number of nitrogens with one attached hydrogen (secondary N) is 4. The third kappa shape index (κ3) is 33.4. The highest BCUT2D eigenvalue weighted by molar-refractivity contribution is 5.87. The van der Waals surface area contributed by atoms with E-state index >= 15 is 0 Å². The summed E-state index contributed by atoms with van der Waals surface area (Å²) in [6.45, 7) is 5.71. The Morgan fingerprint density at radius 3 is 1.32 bits per heavy atom. The van der Waals surface area contributed by atoms with E-state index in [1.807, 2.05) is 0 Å². The van der Waals surface area contributed by atoms with Gasteiger partial charge >= 0.3 is 0 Å². The molecule has 0 aromatic rings. The number of nitrogens with two attached hydrogens (primary N) is 1. The first kappa shape index (κ1) is 44.6. The summed E-state index contributed by atoms with van der Waals surface area (Å²) in [7, 11) is 0. The smallest absolute Gasteiger partial charge is 0.242 e. The molecular weight excluding hydrogens is 570 g/mol. The molecule has 0 aliphatic carbocycles. The standard InChI is InChI=1S/C36H73N5O2.ClH/c1-3-5-7-9-11-13-15-16-17-18-19-20-22-24-26-30-34(42)41-33(29-28-32-40-36(37)38)35(43)39-31-27-25-23-21-14-12-10-8-6-4-2;/h33H,3-32H2,1-2H3,(H,39,43)(H,41,42)(H4,37,38,40);1H/t33-;/m1./s1. The van der Waals surface area contributed by atoms with Crippen LogP contribution in [0.15, 0.2) is 0 Å². The van der Waals surface area contributed by atoms with Gasteiger partial charge in [0, 0.05) is 19.5 Å². The molecule has 0 saturated carbocycles. The Labute approximate surface area is 279 Å². The van der Waals surface area contributed by atoms with Crippen molar-refractivity contribution in [3.05, 3.63) is 0 Å². The van der Waals surface area contributed by atoms with Crippen LogP contribution in [0.1, 0.15) is 194 Å². The highest BCUT2D eigenvalue weighted by Gasteiger charge is 2.20. The van der Waals surface area contributed by atoms with Crippen molar-refractivity contribution in [3.8, 4) is 0 Å². The highest BCUT2D eigenvalue weighted by Crippen LogP contribution is 2.14. The van der Waals surface area contributed by atoms with Gasteiger partial charge < -0.3 is 21.7 Å². The molecule has 0 radical (unpaired) electrons. The van der Waals surface area contributed by atoms with Crippen molar-refractivity contribution in [1.82, 2.24) is 16.0 Å². The summed E-state index contributed by atoms with van der Waals surface area (Å²) in [5.41, 5.74) is 5.37. The van der Waals surface area contributed by atoms with Gasteiger partial charge in [0.05, 0.1) is 0 Å². The summed E-state index contributed by atoms with van der Waals surface area (Å²) in [6.07, 6.45) is 33.9. The number of unbranched alkanes of at least 4 members (excludes halogenated alkanes) is 23. The molecule has 7 nitrogen and oxygen atoms in total. The maximum atomic E-state index is 12.9. The van der Waals surface area contributed by atoms with Crippen LogP contribution < -0.4 is 21.7 Å². The molecule has 0 aliphatic rings. The fourth-order valence-corrected chi connectivity index (χ4v) is 5.67. The maximum absolute atomic E-state index is 12.9. The molecule has 0 rings (SSSR count). The van der Waals surface area contributed by atoms with E-state index in [9.17, 15) is 9.59 Å². The van der Waals surface area contributed by atoms with E-state index in [1.165, 1.54) is 135 Å². The third-order valence-electron chi connectivity index (χ3n) is 8.47. The summed E-state index contributed by atoms with van der Waals surface area (Å²) in [4.78, 5) is 25.5. The maximum Gasteiger partial charge on any atom is 0.242 e.